The van der Waals surface area contributed by atoms with Crippen LogP contribution in [-0.4, -0.2) is 36.0 Å². The molecule has 2 aromatic carbocycles. The Hall–Kier alpha value is -2.37. The fourth-order valence-corrected chi connectivity index (χ4v) is 3.18. The number of esters is 1. The van der Waals surface area contributed by atoms with E-state index >= 15 is 0 Å². The number of cyclic esters (lactones) is 1. The van der Waals surface area contributed by atoms with Crippen LogP contribution in [0.1, 0.15) is 17.5 Å². The number of ether oxygens (including phenoxy) is 1. The third-order valence-corrected chi connectivity index (χ3v) is 4.89. The fourth-order valence-electron chi connectivity index (χ4n) is 3.00. The molecule has 0 bridgehead atoms. The lowest BCUT2D eigenvalue weighted by Crippen LogP contribution is -2.49. The first-order chi connectivity index (χ1) is 12.5. The first-order valence-electron chi connectivity index (χ1n) is 8.54. The van der Waals surface area contributed by atoms with Gasteiger partial charge in [0.1, 0.15) is 12.6 Å². The Morgan fingerprint density at radius 2 is 2.00 bits per heavy atom. The Bertz CT molecular complexity index is 795. The molecule has 1 amide bonds. The topological polar surface area (TPSA) is 58.6 Å². The van der Waals surface area contributed by atoms with E-state index in [0.717, 1.165) is 11.1 Å². The van der Waals surface area contributed by atoms with Crippen LogP contribution in [0, 0.1) is 6.92 Å². The number of hydrogen-bond donors (Lipinski definition) is 1. The molecular weight excluding hydrogens is 352 g/mol. The van der Waals surface area contributed by atoms with Gasteiger partial charge in [0.05, 0.1) is 6.42 Å². The quantitative estimate of drug-likeness (QED) is 0.817. The van der Waals surface area contributed by atoms with E-state index in [-0.39, 0.29) is 18.3 Å². The smallest absolute Gasteiger partial charge is 0.323 e. The second-order valence-electron chi connectivity index (χ2n) is 6.30. The average molecular weight is 373 g/mol. The van der Waals surface area contributed by atoms with Gasteiger partial charge in [-0.05, 0) is 30.2 Å². The zero-order chi connectivity index (χ0) is 18.5. The van der Waals surface area contributed by atoms with E-state index in [1.807, 2.05) is 42.2 Å². The maximum atomic E-state index is 12.5. The Labute approximate surface area is 157 Å². The summed E-state index contributed by atoms with van der Waals surface area (Å²) in [5.74, 6) is -0.595. The van der Waals surface area contributed by atoms with Crippen LogP contribution in [0.5, 0.6) is 0 Å². The lowest BCUT2D eigenvalue weighted by atomic mass is 10.1. The van der Waals surface area contributed by atoms with Crippen molar-refractivity contribution in [1.82, 2.24) is 4.90 Å². The maximum absolute atomic E-state index is 12.5. The minimum atomic E-state index is -0.594. The molecular formula is C20H21ClN2O3. The number of anilines is 1. The van der Waals surface area contributed by atoms with Gasteiger partial charge in [0, 0.05) is 23.8 Å². The van der Waals surface area contributed by atoms with Gasteiger partial charge in [-0.2, -0.15) is 0 Å². The van der Waals surface area contributed by atoms with E-state index in [4.69, 9.17) is 16.3 Å². The van der Waals surface area contributed by atoms with E-state index in [2.05, 4.69) is 5.32 Å². The molecule has 136 valence electrons. The number of nitrogens with zero attached hydrogens (tertiary/aromatic N) is 1. The van der Waals surface area contributed by atoms with Crippen molar-refractivity contribution in [3.05, 3.63) is 64.7 Å². The van der Waals surface area contributed by atoms with Gasteiger partial charge in [0.25, 0.3) is 0 Å². The SMILES string of the molecule is Cc1c(Cl)cccc1NC(=O)CC1C(=O)OCCN1Cc1ccccc1. The predicted molar refractivity (Wildman–Crippen MR) is 101 cm³/mol. The molecule has 6 heteroatoms. The standard InChI is InChI=1S/C20H21ClN2O3/c1-14-16(21)8-5-9-17(14)22-19(24)12-18-20(25)26-11-10-23(18)13-15-6-3-2-4-7-15/h2-9,18H,10-13H2,1H3,(H,22,24). The molecule has 26 heavy (non-hydrogen) atoms. The summed E-state index contributed by atoms with van der Waals surface area (Å²) >= 11 is 6.09. The van der Waals surface area contributed by atoms with Gasteiger partial charge in [0.2, 0.25) is 5.91 Å². The lowest BCUT2D eigenvalue weighted by Gasteiger charge is -2.33. The Balaban J connectivity index is 1.69. The molecule has 1 aliphatic heterocycles. The van der Waals surface area contributed by atoms with Gasteiger partial charge in [0.15, 0.2) is 0 Å². The van der Waals surface area contributed by atoms with Crippen molar-refractivity contribution < 1.29 is 14.3 Å². The first kappa shape index (κ1) is 18.4. The van der Waals surface area contributed by atoms with E-state index in [9.17, 15) is 9.59 Å². The molecule has 0 spiro atoms. The number of hydrogen-bond acceptors (Lipinski definition) is 4. The van der Waals surface area contributed by atoms with Crippen molar-refractivity contribution in [3.63, 3.8) is 0 Å². The van der Waals surface area contributed by atoms with Crippen molar-refractivity contribution in [2.24, 2.45) is 0 Å². The molecule has 1 atom stereocenters. The van der Waals surface area contributed by atoms with Crippen molar-refractivity contribution in [2.75, 3.05) is 18.5 Å². The molecule has 1 unspecified atom stereocenters. The van der Waals surface area contributed by atoms with Crippen LogP contribution in [0.3, 0.4) is 0 Å². The number of carbonyl (C=O) groups is 2. The minimum absolute atomic E-state index is 0.0393. The van der Waals surface area contributed by atoms with E-state index in [0.29, 0.717) is 30.4 Å². The lowest BCUT2D eigenvalue weighted by molar-refractivity contribution is -0.159. The summed E-state index contributed by atoms with van der Waals surface area (Å²) in [5.41, 5.74) is 2.55. The van der Waals surface area contributed by atoms with Gasteiger partial charge in [-0.3, -0.25) is 14.5 Å². The maximum Gasteiger partial charge on any atom is 0.323 e. The van der Waals surface area contributed by atoms with Crippen LogP contribution in [0.4, 0.5) is 5.69 Å². The predicted octanol–water partition coefficient (Wildman–Crippen LogP) is 3.40. The number of nitrogens with one attached hydrogen (secondary N) is 1. The van der Waals surface area contributed by atoms with Gasteiger partial charge in [-0.1, -0.05) is 48.0 Å². The van der Waals surface area contributed by atoms with Crippen molar-refractivity contribution in [3.8, 4) is 0 Å². The highest BCUT2D eigenvalue weighted by atomic mass is 35.5. The van der Waals surface area contributed by atoms with Crippen LogP contribution >= 0.6 is 11.6 Å². The summed E-state index contributed by atoms with van der Waals surface area (Å²) in [7, 11) is 0. The number of amides is 1. The van der Waals surface area contributed by atoms with Gasteiger partial charge in [-0.25, -0.2) is 0 Å². The molecule has 3 rings (SSSR count). The Kier molecular flexibility index (Phi) is 5.91. The number of carbonyl (C=O) groups excluding carboxylic acids is 2. The normalized spacial score (nSPS) is 17.6. The van der Waals surface area contributed by atoms with Crippen molar-refractivity contribution in [2.45, 2.75) is 25.9 Å². The average Bonchev–Trinajstić information content (AvgIpc) is 2.63. The number of morpholine rings is 1. The monoisotopic (exact) mass is 372 g/mol. The molecule has 0 radical (unpaired) electrons. The molecule has 1 saturated heterocycles. The minimum Gasteiger partial charge on any atom is -0.463 e. The Morgan fingerprint density at radius 1 is 1.23 bits per heavy atom. The summed E-state index contributed by atoms with van der Waals surface area (Å²) in [6.45, 7) is 3.39. The van der Waals surface area contributed by atoms with Crippen LogP contribution in [0.15, 0.2) is 48.5 Å². The third kappa shape index (κ3) is 4.42. The highest BCUT2D eigenvalue weighted by Crippen LogP contribution is 2.24. The second kappa shape index (κ2) is 8.34. The molecule has 0 aliphatic carbocycles. The van der Waals surface area contributed by atoms with Crippen LogP contribution < -0.4 is 5.32 Å². The fraction of sp³-hybridized carbons (Fsp3) is 0.300. The number of halogens is 1. The van der Waals surface area contributed by atoms with Crippen molar-refractivity contribution >= 4 is 29.2 Å². The highest BCUT2D eigenvalue weighted by molar-refractivity contribution is 6.31. The molecule has 1 aliphatic rings. The molecule has 0 aromatic heterocycles. The Morgan fingerprint density at radius 3 is 2.77 bits per heavy atom. The van der Waals surface area contributed by atoms with E-state index < -0.39 is 6.04 Å². The van der Waals surface area contributed by atoms with Gasteiger partial charge < -0.3 is 10.1 Å². The molecule has 5 nitrogen and oxygen atoms in total. The molecule has 1 heterocycles. The largest absolute Gasteiger partial charge is 0.463 e. The zero-order valence-corrected chi connectivity index (χ0v) is 15.3. The van der Waals surface area contributed by atoms with Gasteiger partial charge >= 0.3 is 5.97 Å². The number of benzene rings is 2. The van der Waals surface area contributed by atoms with Crippen LogP contribution in [-0.2, 0) is 20.9 Å². The molecule has 1 fully saturated rings. The van der Waals surface area contributed by atoms with E-state index in [1.54, 1.807) is 18.2 Å². The molecule has 2 aromatic rings. The summed E-state index contributed by atoms with van der Waals surface area (Å²) in [6.07, 6.45) is 0.0393. The van der Waals surface area contributed by atoms with Gasteiger partial charge in [-0.15, -0.1) is 0 Å². The van der Waals surface area contributed by atoms with Crippen molar-refractivity contribution in [1.29, 1.82) is 0 Å². The summed E-state index contributed by atoms with van der Waals surface area (Å²) in [5, 5.41) is 3.43. The van der Waals surface area contributed by atoms with Crippen LogP contribution in [0.25, 0.3) is 0 Å². The van der Waals surface area contributed by atoms with E-state index in [1.165, 1.54) is 0 Å². The second-order valence-corrected chi connectivity index (χ2v) is 6.71. The third-order valence-electron chi connectivity index (χ3n) is 4.48. The summed E-state index contributed by atoms with van der Waals surface area (Å²) < 4.78 is 5.17. The summed E-state index contributed by atoms with van der Waals surface area (Å²) in [4.78, 5) is 26.7. The highest BCUT2D eigenvalue weighted by Gasteiger charge is 2.33. The summed E-state index contributed by atoms with van der Waals surface area (Å²) in [6, 6.07) is 14.6. The number of rotatable bonds is 5. The molecule has 1 N–H and O–H groups in total. The molecule has 0 saturated carbocycles. The van der Waals surface area contributed by atoms with Crippen LogP contribution in [0.2, 0.25) is 5.02 Å². The zero-order valence-electron chi connectivity index (χ0n) is 14.6. The first-order valence-corrected chi connectivity index (χ1v) is 8.92.